The van der Waals surface area contributed by atoms with Crippen molar-refractivity contribution in [2.45, 2.75) is 6.92 Å². The number of ether oxygens (including phenoxy) is 2. The summed E-state index contributed by atoms with van der Waals surface area (Å²) in [5.74, 6) is -1.54. The van der Waals surface area contributed by atoms with E-state index in [2.05, 4.69) is 15.8 Å². The maximum atomic E-state index is 12.2. The molecule has 0 aliphatic heterocycles. The quantitative estimate of drug-likeness (QED) is 0.196. The van der Waals surface area contributed by atoms with Gasteiger partial charge >= 0.3 is 17.8 Å². The van der Waals surface area contributed by atoms with Gasteiger partial charge in [-0.25, -0.2) is 10.2 Å². The first-order valence-electron chi connectivity index (χ1n) is 9.80. The van der Waals surface area contributed by atoms with Gasteiger partial charge in [0.2, 0.25) is 0 Å². The minimum absolute atomic E-state index is 0.319. The van der Waals surface area contributed by atoms with Gasteiger partial charge in [0.25, 0.3) is 0 Å². The first-order valence-corrected chi connectivity index (χ1v) is 9.80. The standard InChI is InChI=1S/C24H21N3O5/c1-2-31-21-14-7-6-13-20(21)26-22(28)23(29)27-25-16-17-9-8-12-19(15-17)32-24(30)18-10-4-3-5-11-18/h3-16H,2H2,1H3,(H,26,28)(H,27,29)/b25-16+. The number of amides is 2. The fraction of sp³-hybridized carbons (Fsp3) is 0.0833. The van der Waals surface area contributed by atoms with Crippen molar-refractivity contribution < 1.29 is 23.9 Å². The van der Waals surface area contributed by atoms with E-state index in [1.165, 1.54) is 6.21 Å². The monoisotopic (exact) mass is 431 g/mol. The molecule has 0 aliphatic carbocycles. The van der Waals surface area contributed by atoms with Crippen LogP contribution in [0.15, 0.2) is 84.0 Å². The smallest absolute Gasteiger partial charge is 0.343 e. The van der Waals surface area contributed by atoms with Crippen LogP contribution in [0, 0.1) is 0 Å². The van der Waals surface area contributed by atoms with E-state index in [0.29, 0.717) is 34.9 Å². The molecular formula is C24H21N3O5. The van der Waals surface area contributed by atoms with Crippen LogP contribution in [0.3, 0.4) is 0 Å². The molecule has 0 aliphatic rings. The van der Waals surface area contributed by atoms with Crippen LogP contribution in [0.2, 0.25) is 0 Å². The number of rotatable bonds is 7. The molecule has 0 atom stereocenters. The summed E-state index contributed by atoms with van der Waals surface area (Å²) in [5, 5.41) is 6.27. The highest BCUT2D eigenvalue weighted by atomic mass is 16.5. The number of hydrogen-bond acceptors (Lipinski definition) is 6. The Kier molecular flexibility index (Phi) is 7.69. The van der Waals surface area contributed by atoms with E-state index in [4.69, 9.17) is 9.47 Å². The summed E-state index contributed by atoms with van der Waals surface area (Å²) in [5.41, 5.74) is 3.53. The first kappa shape index (κ1) is 22.2. The number of para-hydroxylation sites is 2. The normalized spacial score (nSPS) is 10.4. The Hall–Kier alpha value is -4.46. The molecule has 8 nitrogen and oxygen atoms in total. The zero-order chi connectivity index (χ0) is 22.8. The van der Waals surface area contributed by atoms with Gasteiger partial charge in [-0.1, -0.05) is 42.5 Å². The summed E-state index contributed by atoms with van der Waals surface area (Å²) in [6, 6.07) is 22.0. The minimum Gasteiger partial charge on any atom is -0.492 e. The van der Waals surface area contributed by atoms with Crippen molar-refractivity contribution in [1.29, 1.82) is 0 Å². The second-order valence-corrected chi connectivity index (χ2v) is 6.41. The third-order valence-corrected chi connectivity index (χ3v) is 4.10. The largest absolute Gasteiger partial charge is 0.492 e. The van der Waals surface area contributed by atoms with Gasteiger partial charge in [0.05, 0.1) is 24.1 Å². The van der Waals surface area contributed by atoms with Crippen molar-refractivity contribution in [3.05, 3.63) is 90.0 Å². The van der Waals surface area contributed by atoms with Gasteiger partial charge in [-0.15, -0.1) is 0 Å². The lowest BCUT2D eigenvalue weighted by atomic mass is 10.2. The van der Waals surface area contributed by atoms with Crippen LogP contribution in [0.25, 0.3) is 0 Å². The number of carbonyl (C=O) groups excluding carboxylic acids is 3. The summed E-state index contributed by atoms with van der Waals surface area (Å²) in [6.45, 7) is 2.24. The molecule has 0 aromatic heterocycles. The van der Waals surface area contributed by atoms with Crippen molar-refractivity contribution in [2.75, 3.05) is 11.9 Å². The number of carbonyl (C=O) groups is 3. The van der Waals surface area contributed by atoms with E-state index in [-0.39, 0.29) is 0 Å². The molecule has 0 unspecified atom stereocenters. The molecule has 0 heterocycles. The summed E-state index contributed by atoms with van der Waals surface area (Å²) in [6.07, 6.45) is 1.33. The van der Waals surface area contributed by atoms with Crippen LogP contribution in [-0.4, -0.2) is 30.6 Å². The Morgan fingerprint density at radius 3 is 2.44 bits per heavy atom. The molecule has 0 saturated carbocycles. The Morgan fingerprint density at radius 2 is 1.66 bits per heavy atom. The molecule has 0 spiro atoms. The average molecular weight is 431 g/mol. The number of esters is 1. The van der Waals surface area contributed by atoms with Crippen LogP contribution in [-0.2, 0) is 9.59 Å². The average Bonchev–Trinajstić information content (AvgIpc) is 2.81. The number of nitrogens with zero attached hydrogens (tertiary/aromatic N) is 1. The van der Waals surface area contributed by atoms with Gasteiger partial charge in [-0.2, -0.15) is 5.10 Å². The highest BCUT2D eigenvalue weighted by Crippen LogP contribution is 2.23. The van der Waals surface area contributed by atoms with Gasteiger partial charge in [0.15, 0.2) is 0 Å². The third-order valence-electron chi connectivity index (χ3n) is 4.10. The van der Waals surface area contributed by atoms with Crippen LogP contribution < -0.4 is 20.2 Å². The molecule has 3 aromatic carbocycles. The highest BCUT2D eigenvalue weighted by Gasteiger charge is 2.15. The van der Waals surface area contributed by atoms with Crippen molar-refractivity contribution in [3.8, 4) is 11.5 Å². The minimum atomic E-state index is -0.945. The molecule has 0 bridgehead atoms. The van der Waals surface area contributed by atoms with Crippen LogP contribution in [0.4, 0.5) is 5.69 Å². The Labute approximate surface area is 184 Å². The lowest BCUT2D eigenvalue weighted by molar-refractivity contribution is -0.136. The molecular weight excluding hydrogens is 410 g/mol. The second kappa shape index (κ2) is 11.1. The lowest BCUT2D eigenvalue weighted by Gasteiger charge is -2.10. The van der Waals surface area contributed by atoms with Crippen molar-refractivity contribution in [1.82, 2.24) is 5.43 Å². The summed E-state index contributed by atoms with van der Waals surface area (Å²) >= 11 is 0. The Bertz CT molecular complexity index is 1130. The molecule has 32 heavy (non-hydrogen) atoms. The number of benzene rings is 3. The van der Waals surface area contributed by atoms with E-state index in [0.717, 1.165) is 0 Å². The molecule has 2 N–H and O–H groups in total. The van der Waals surface area contributed by atoms with Gasteiger partial charge in [-0.05, 0) is 48.9 Å². The predicted octanol–water partition coefficient (Wildman–Crippen LogP) is 3.39. The van der Waals surface area contributed by atoms with E-state index in [1.807, 2.05) is 6.92 Å². The van der Waals surface area contributed by atoms with Crippen LogP contribution >= 0.6 is 0 Å². The van der Waals surface area contributed by atoms with Crippen LogP contribution in [0.1, 0.15) is 22.8 Å². The van der Waals surface area contributed by atoms with E-state index < -0.39 is 17.8 Å². The summed E-state index contributed by atoms with van der Waals surface area (Å²) < 4.78 is 10.8. The third kappa shape index (κ3) is 6.27. The first-order chi connectivity index (χ1) is 15.6. The zero-order valence-corrected chi connectivity index (χ0v) is 17.3. The van der Waals surface area contributed by atoms with Gasteiger partial charge < -0.3 is 14.8 Å². The number of hydrogen-bond donors (Lipinski definition) is 2. The number of nitrogens with one attached hydrogen (secondary N) is 2. The molecule has 0 saturated heterocycles. The molecule has 0 radical (unpaired) electrons. The molecule has 3 aromatic rings. The maximum absolute atomic E-state index is 12.2. The number of hydrazone groups is 1. The van der Waals surface area contributed by atoms with E-state index in [1.54, 1.807) is 78.9 Å². The van der Waals surface area contributed by atoms with Crippen molar-refractivity contribution >= 4 is 29.7 Å². The fourth-order valence-corrected chi connectivity index (χ4v) is 2.65. The SMILES string of the molecule is CCOc1ccccc1NC(=O)C(=O)N/N=C/c1cccc(OC(=O)c2ccccc2)c1. The van der Waals surface area contributed by atoms with E-state index >= 15 is 0 Å². The Morgan fingerprint density at radius 1 is 0.906 bits per heavy atom. The maximum Gasteiger partial charge on any atom is 0.343 e. The molecule has 8 heteroatoms. The molecule has 0 fully saturated rings. The summed E-state index contributed by atoms with van der Waals surface area (Å²) in [7, 11) is 0. The summed E-state index contributed by atoms with van der Waals surface area (Å²) in [4.78, 5) is 36.3. The predicted molar refractivity (Wildman–Crippen MR) is 120 cm³/mol. The van der Waals surface area contributed by atoms with Crippen molar-refractivity contribution in [3.63, 3.8) is 0 Å². The van der Waals surface area contributed by atoms with E-state index in [9.17, 15) is 14.4 Å². The lowest BCUT2D eigenvalue weighted by Crippen LogP contribution is -2.32. The van der Waals surface area contributed by atoms with Crippen LogP contribution in [0.5, 0.6) is 11.5 Å². The van der Waals surface area contributed by atoms with Gasteiger partial charge in [-0.3, -0.25) is 9.59 Å². The molecule has 3 rings (SSSR count). The molecule has 162 valence electrons. The Balaban J connectivity index is 1.56. The topological polar surface area (TPSA) is 106 Å². The van der Waals surface area contributed by atoms with Crippen molar-refractivity contribution in [2.24, 2.45) is 5.10 Å². The number of anilines is 1. The molecule has 2 amide bonds. The van der Waals surface area contributed by atoms with Gasteiger partial charge in [0, 0.05) is 0 Å². The second-order valence-electron chi connectivity index (χ2n) is 6.41. The fourth-order valence-electron chi connectivity index (χ4n) is 2.65. The zero-order valence-electron chi connectivity index (χ0n) is 17.3. The van der Waals surface area contributed by atoms with Gasteiger partial charge in [0.1, 0.15) is 11.5 Å². The highest BCUT2D eigenvalue weighted by molar-refractivity contribution is 6.39.